The van der Waals surface area contributed by atoms with Gasteiger partial charge in [0.05, 0.1) is 10.5 Å². The summed E-state index contributed by atoms with van der Waals surface area (Å²) in [6.45, 7) is 0. The van der Waals surface area contributed by atoms with Gasteiger partial charge in [0.1, 0.15) is 5.69 Å². The molecule has 0 fully saturated rings. The van der Waals surface area contributed by atoms with Crippen molar-refractivity contribution < 1.29 is 4.79 Å². The first kappa shape index (κ1) is 10.3. The molecule has 0 radical (unpaired) electrons. The van der Waals surface area contributed by atoms with Crippen LogP contribution in [0.3, 0.4) is 0 Å². The molecule has 2 aromatic rings. The highest BCUT2D eigenvalue weighted by molar-refractivity contribution is 7.14. The van der Waals surface area contributed by atoms with E-state index in [0.29, 0.717) is 16.5 Å². The Labute approximate surface area is 95.5 Å². The first-order chi connectivity index (χ1) is 7.15. The van der Waals surface area contributed by atoms with Crippen LogP contribution < -0.4 is 0 Å². The smallest absolute Gasteiger partial charge is 0.189 e. The third-order valence-electron chi connectivity index (χ3n) is 1.87. The quantitative estimate of drug-likeness (QED) is 0.772. The highest BCUT2D eigenvalue weighted by Crippen LogP contribution is 2.20. The number of aryl methyl sites for hydroxylation is 1. The van der Waals surface area contributed by atoms with Crippen LogP contribution in [0.1, 0.15) is 16.1 Å². The molecule has 2 aromatic heterocycles. The molecule has 0 bridgehead atoms. The van der Waals surface area contributed by atoms with E-state index in [-0.39, 0.29) is 5.78 Å². The lowest BCUT2D eigenvalue weighted by Gasteiger charge is -1.92. The molecule has 0 aliphatic rings. The lowest BCUT2D eigenvalue weighted by molar-refractivity contribution is 0.0988. The van der Waals surface area contributed by atoms with Crippen LogP contribution in [0.4, 0.5) is 0 Å². The standard InChI is InChI=1S/C9H8ClN3OS/c1-13-4-7(11-12-13)8(14)2-6-3-9(10)15-5-6/h3-5H,2H2,1H3. The minimum atomic E-state index is -0.0439. The Morgan fingerprint density at radius 2 is 2.47 bits per heavy atom. The maximum atomic E-state index is 11.7. The molecule has 6 heteroatoms. The van der Waals surface area contributed by atoms with E-state index in [4.69, 9.17) is 11.6 Å². The molecular formula is C9H8ClN3OS. The topological polar surface area (TPSA) is 47.8 Å². The molecule has 0 atom stereocenters. The van der Waals surface area contributed by atoms with Gasteiger partial charge in [0.25, 0.3) is 0 Å². The van der Waals surface area contributed by atoms with Gasteiger partial charge >= 0.3 is 0 Å². The summed E-state index contributed by atoms with van der Waals surface area (Å²) < 4.78 is 2.20. The number of carbonyl (C=O) groups excluding carboxylic acids is 1. The Balaban J connectivity index is 2.10. The highest BCUT2D eigenvalue weighted by Gasteiger charge is 2.11. The normalized spacial score (nSPS) is 10.5. The maximum absolute atomic E-state index is 11.7. The number of nitrogens with zero attached hydrogens (tertiary/aromatic N) is 3. The average molecular weight is 242 g/mol. The molecule has 78 valence electrons. The van der Waals surface area contributed by atoms with E-state index in [2.05, 4.69) is 10.3 Å². The van der Waals surface area contributed by atoms with Crippen LogP contribution in [0.25, 0.3) is 0 Å². The van der Waals surface area contributed by atoms with E-state index >= 15 is 0 Å². The van der Waals surface area contributed by atoms with Gasteiger partial charge < -0.3 is 0 Å². The third-order valence-corrected chi connectivity index (χ3v) is 3.01. The molecule has 0 saturated heterocycles. The van der Waals surface area contributed by atoms with E-state index in [1.165, 1.54) is 16.0 Å². The van der Waals surface area contributed by atoms with Crippen LogP contribution in [0.2, 0.25) is 4.34 Å². The van der Waals surface area contributed by atoms with Gasteiger partial charge in [-0.25, -0.2) is 0 Å². The van der Waals surface area contributed by atoms with E-state index in [9.17, 15) is 4.79 Å². The van der Waals surface area contributed by atoms with Crippen LogP contribution in [0.15, 0.2) is 17.6 Å². The Morgan fingerprint density at radius 3 is 3.00 bits per heavy atom. The summed E-state index contributed by atoms with van der Waals surface area (Å²) in [5.41, 5.74) is 1.31. The summed E-state index contributed by atoms with van der Waals surface area (Å²) in [5, 5.41) is 9.33. The fourth-order valence-corrected chi connectivity index (χ4v) is 2.10. The second-order valence-electron chi connectivity index (χ2n) is 3.14. The molecule has 2 rings (SSSR count). The summed E-state index contributed by atoms with van der Waals surface area (Å²) >= 11 is 7.19. The number of aromatic nitrogens is 3. The molecule has 0 N–H and O–H groups in total. The monoisotopic (exact) mass is 241 g/mol. The van der Waals surface area contributed by atoms with Crippen molar-refractivity contribution in [2.45, 2.75) is 6.42 Å². The lowest BCUT2D eigenvalue weighted by atomic mass is 10.1. The minimum absolute atomic E-state index is 0.0439. The number of hydrogen-bond donors (Lipinski definition) is 0. The first-order valence-electron chi connectivity index (χ1n) is 4.27. The molecule has 0 amide bonds. The van der Waals surface area contributed by atoms with Gasteiger partial charge in [0.2, 0.25) is 0 Å². The summed E-state index contributed by atoms with van der Waals surface area (Å²) in [6.07, 6.45) is 1.93. The molecule has 0 aromatic carbocycles. The van der Waals surface area contributed by atoms with E-state index < -0.39 is 0 Å². The Morgan fingerprint density at radius 1 is 1.67 bits per heavy atom. The number of hydrogen-bond acceptors (Lipinski definition) is 4. The van der Waals surface area contributed by atoms with Crippen molar-refractivity contribution >= 4 is 28.7 Å². The predicted octanol–water partition coefficient (Wildman–Crippen LogP) is 1.96. The van der Waals surface area contributed by atoms with Gasteiger partial charge in [-0.1, -0.05) is 16.8 Å². The van der Waals surface area contributed by atoms with E-state index in [0.717, 1.165) is 5.56 Å². The van der Waals surface area contributed by atoms with Crippen molar-refractivity contribution in [3.05, 3.63) is 33.2 Å². The zero-order valence-electron chi connectivity index (χ0n) is 7.98. The SMILES string of the molecule is Cn1cc(C(=O)Cc2csc(Cl)c2)nn1. The number of halogens is 1. The molecule has 15 heavy (non-hydrogen) atoms. The fraction of sp³-hybridized carbons (Fsp3) is 0.222. The summed E-state index contributed by atoms with van der Waals surface area (Å²) in [7, 11) is 1.73. The van der Waals surface area contributed by atoms with Crippen molar-refractivity contribution in [2.75, 3.05) is 0 Å². The zero-order valence-corrected chi connectivity index (χ0v) is 9.55. The first-order valence-corrected chi connectivity index (χ1v) is 5.53. The molecule has 4 nitrogen and oxygen atoms in total. The van der Waals surface area contributed by atoms with E-state index in [1.54, 1.807) is 19.3 Å². The van der Waals surface area contributed by atoms with Crippen LogP contribution >= 0.6 is 22.9 Å². The second-order valence-corrected chi connectivity index (χ2v) is 4.68. The molecule has 0 aliphatic carbocycles. The van der Waals surface area contributed by atoms with Crippen molar-refractivity contribution in [2.24, 2.45) is 7.05 Å². The Hall–Kier alpha value is -1.20. The Kier molecular flexibility index (Phi) is 2.83. The van der Waals surface area contributed by atoms with Crippen molar-refractivity contribution in [1.82, 2.24) is 15.0 Å². The fourth-order valence-electron chi connectivity index (χ4n) is 1.19. The van der Waals surface area contributed by atoms with Crippen molar-refractivity contribution in [3.8, 4) is 0 Å². The third kappa shape index (κ3) is 2.43. The lowest BCUT2D eigenvalue weighted by Crippen LogP contribution is -2.03. The summed E-state index contributed by atoms with van der Waals surface area (Å²) in [6, 6.07) is 1.79. The number of rotatable bonds is 3. The van der Waals surface area contributed by atoms with Gasteiger partial charge in [-0.2, -0.15) is 0 Å². The molecular weight excluding hydrogens is 234 g/mol. The van der Waals surface area contributed by atoms with Gasteiger partial charge in [-0.05, 0) is 17.0 Å². The van der Waals surface area contributed by atoms with Gasteiger partial charge in [0, 0.05) is 13.5 Å². The average Bonchev–Trinajstić information content (AvgIpc) is 2.75. The van der Waals surface area contributed by atoms with Crippen molar-refractivity contribution in [1.29, 1.82) is 0 Å². The van der Waals surface area contributed by atoms with Gasteiger partial charge in [0.15, 0.2) is 5.78 Å². The zero-order chi connectivity index (χ0) is 10.8. The molecule has 2 heterocycles. The van der Waals surface area contributed by atoms with E-state index in [1.807, 2.05) is 5.38 Å². The number of carbonyl (C=O) groups is 1. The number of Topliss-reactive ketones (excluding diaryl/α,β-unsaturated/α-hetero) is 1. The van der Waals surface area contributed by atoms with Crippen molar-refractivity contribution in [3.63, 3.8) is 0 Å². The molecule has 0 saturated carbocycles. The van der Waals surface area contributed by atoms with Gasteiger partial charge in [-0.3, -0.25) is 9.48 Å². The highest BCUT2D eigenvalue weighted by atomic mass is 35.5. The van der Waals surface area contributed by atoms with Crippen LogP contribution in [-0.2, 0) is 13.5 Å². The second kappa shape index (κ2) is 4.12. The van der Waals surface area contributed by atoms with Crippen LogP contribution in [0, 0.1) is 0 Å². The summed E-state index contributed by atoms with van der Waals surface area (Å²) in [5.74, 6) is -0.0439. The molecule has 0 unspecified atom stereocenters. The predicted molar refractivity (Wildman–Crippen MR) is 58.4 cm³/mol. The van der Waals surface area contributed by atoms with Gasteiger partial charge in [-0.15, -0.1) is 16.4 Å². The van der Waals surface area contributed by atoms with Crippen LogP contribution in [-0.4, -0.2) is 20.8 Å². The molecule has 0 spiro atoms. The largest absolute Gasteiger partial charge is 0.292 e. The van der Waals surface area contributed by atoms with Crippen LogP contribution in [0.5, 0.6) is 0 Å². The summed E-state index contributed by atoms with van der Waals surface area (Å²) in [4.78, 5) is 11.7. The Bertz CT molecular complexity index is 491. The maximum Gasteiger partial charge on any atom is 0.189 e. The minimum Gasteiger partial charge on any atom is -0.292 e. The number of thiophene rings is 1. The molecule has 0 aliphatic heterocycles. The number of ketones is 1.